The second kappa shape index (κ2) is 14.1. The second-order valence-corrected chi connectivity index (χ2v) is 12.1. The third-order valence-corrected chi connectivity index (χ3v) is 9.19. The van der Waals surface area contributed by atoms with E-state index in [1.54, 1.807) is 31.4 Å². The van der Waals surface area contributed by atoms with E-state index in [0.717, 1.165) is 77.2 Å². The Labute approximate surface area is 261 Å². The normalized spacial score (nSPS) is 14.5. The number of carbonyl (C=O) groups excluding carboxylic acids is 2. The predicted molar refractivity (Wildman–Crippen MR) is 175 cm³/mol. The van der Waals surface area contributed by atoms with Crippen molar-refractivity contribution in [2.75, 3.05) is 37.4 Å². The number of amides is 2. The lowest BCUT2D eigenvalue weighted by atomic mass is 10.0. The summed E-state index contributed by atoms with van der Waals surface area (Å²) in [6.07, 6.45) is 2.92. The molecule has 44 heavy (non-hydrogen) atoms. The Morgan fingerprint density at radius 1 is 1.16 bits per heavy atom. The SMILES string of the molecule is CCCc1cc(N2CCC(NCC(O)c3ccc(C(=O)NCc4cccc(OC)c4)cc3)CC2)nc2sc(C(N)=O)c(N)c12. The van der Waals surface area contributed by atoms with Crippen molar-refractivity contribution in [2.24, 2.45) is 5.73 Å². The minimum absolute atomic E-state index is 0.176. The molecule has 2 amide bonds. The number of primary amides is 1. The van der Waals surface area contributed by atoms with Gasteiger partial charge in [0.2, 0.25) is 0 Å². The van der Waals surface area contributed by atoms with E-state index in [1.807, 2.05) is 24.3 Å². The Morgan fingerprint density at radius 2 is 1.91 bits per heavy atom. The molecule has 1 saturated heterocycles. The maximum atomic E-state index is 12.6. The number of fused-ring (bicyclic) bond motifs is 1. The molecule has 1 aliphatic rings. The van der Waals surface area contributed by atoms with Crippen LogP contribution in [0.5, 0.6) is 5.75 Å². The minimum atomic E-state index is -0.689. The second-order valence-electron chi connectivity index (χ2n) is 11.1. The van der Waals surface area contributed by atoms with Crippen molar-refractivity contribution in [3.63, 3.8) is 0 Å². The van der Waals surface area contributed by atoms with Crippen molar-refractivity contribution in [3.05, 3.63) is 81.7 Å². The zero-order valence-electron chi connectivity index (χ0n) is 25.1. The first-order valence-corrected chi connectivity index (χ1v) is 15.8. The summed E-state index contributed by atoms with van der Waals surface area (Å²) in [4.78, 5) is 32.8. The molecule has 2 aromatic heterocycles. The van der Waals surface area contributed by atoms with Gasteiger partial charge in [-0.15, -0.1) is 11.3 Å². The predicted octanol–water partition coefficient (Wildman–Crippen LogP) is 4.16. The molecule has 232 valence electrons. The zero-order valence-corrected chi connectivity index (χ0v) is 26.0. The molecule has 0 saturated carbocycles. The Hall–Kier alpha value is -4.19. The number of nitrogens with two attached hydrogens (primary N) is 2. The van der Waals surface area contributed by atoms with Gasteiger partial charge in [0.25, 0.3) is 11.8 Å². The van der Waals surface area contributed by atoms with Crippen LogP contribution in [0.15, 0.2) is 54.6 Å². The molecule has 1 atom stereocenters. The van der Waals surface area contributed by atoms with Crippen molar-refractivity contribution < 1.29 is 19.4 Å². The number of nitrogens with one attached hydrogen (secondary N) is 2. The summed E-state index contributed by atoms with van der Waals surface area (Å²) in [6.45, 7) is 4.57. The lowest BCUT2D eigenvalue weighted by Gasteiger charge is -2.34. The average Bonchev–Trinajstić information content (AvgIpc) is 3.39. The van der Waals surface area contributed by atoms with Crippen molar-refractivity contribution >= 4 is 44.9 Å². The van der Waals surface area contributed by atoms with E-state index in [1.165, 1.54) is 11.3 Å². The number of aliphatic hydroxyl groups excluding tert-OH is 1. The lowest BCUT2D eigenvalue weighted by Crippen LogP contribution is -2.44. The maximum Gasteiger partial charge on any atom is 0.260 e. The van der Waals surface area contributed by atoms with Crippen LogP contribution >= 0.6 is 11.3 Å². The van der Waals surface area contributed by atoms with Crippen molar-refractivity contribution in [2.45, 2.75) is 51.3 Å². The van der Waals surface area contributed by atoms with Gasteiger partial charge >= 0.3 is 0 Å². The summed E-state index contributed by atoms with van der Waals surface area (Å²) in [5.41, 5.74) is 15.6. The van der Waals surface area contributed by atoms with Crippen LogP contribution in [-0.2, 0) is 13.0 Å². The van der Waals surface area contributed by atoms with E-state index in [4.69, 9.17) is 21.2 Å². The Kier molecular flexibility index (Phi) is 9.99. The molecule has 1 aliphatic heterocycles. The van der Waals surface area contributed by atoms with Gasteiger partial charge in [-0.25, -0.2) is 4.98 Å². The molecule has 0 radical (unpaired) electrons. The van der Waals surface area contributed by atoms with Gasteiger partial charge in [0, 0.05) is 43.2 Å². The molecule has 7 N–H and O–H groups in total. The van der Waals surface area contributed by atoms with E-state index >= 15 is 0 Å². The first-order chi connectivity index (χ1) is 21.3. The minimum Gasteiger partial charge on any atom is -0.497 e. The number of piperidine rings is 1. The quantitative estimate of drug-likeness (QED) is 0.159. The molecule has 1 unspecified atom stereocenters. The van der Waals surface area contributed by atoms with Crippen LogP contribution in [0.3, 0.4) is 0 Å². The van der Waals surface area contributed by atoms with E-state index in [-0.39, 0.29) is 11.9 Å². The molecule has 3 heterocycles. The van der Waals surface area contributed by atoms with Gasteiger partial charge in [-0.3, -0.25) is 9.59 Å². The number of methoxy groups -OCH3 is 1. The molecule has 0 spiro atoms. The summed E-state index contributed by atoms with van der Waals surface area (Å²) in [6, 6.07) is 17.0. The molecule has 11 heteroatoms. The van der Waals surface area contributed by atoms with Gasteiger partial charge in [-0.05, 0) is 66.3 Å². The number of ether oxygens (including phenoxy) is 1. The van der Waals surface area contributed by atoms with Crippen LogP contribution in [0.2, 0.25) is 0 Å². The van der Waals surface area contributed by atoms with Crippen LogP contribution in [0.4, 0.5) is 11.5 Å². The maximum absolute atomic E-state index is 12.6. The van der Waals surface area contributed by atoms with Gasteiger partial charge in [-0.1, -0.05) is 37.6 Å². The van der Waals surface area contributed by atoms with E-state index in [2.05, 4.69) is 28.5 Å². The van der Waals surface area contributed by atoms with Gasteiger partial charge < -0.3 is 36.8 Å². The highest BCUT2D eigenvalue weighted by Crippen LogP contribution is 2.37. The van der Waals surface area contributed by atoms with Crippen LogP contribution in [-0.4, -0.2) is 54.7 Å². The Bertz CT molecular complexity index is 1610. The number of rotatable bonds is 12. The molecule has 4 aromatic rings. The number of aromatic nitrogens is 1. The zero-order chi connectivity index (χ0) is 31.2. The van der Waals surface area contributed by atoms with Crippen LogP contribution in [0.1, 0.15) is 69.0 Å². The number of anilines is 2. The number of hydrogen-bond acceptors (Lipinski definition) is 9. The molecule has 0 bridgehead atoms. The number of hydrogen-bond donors (Lipinski definition) is 5. The lowest BCUT2D eigenvalue weighted by molar-refractivity contribution is 0.0949. The largest absolute Gasteiger partial charge is 0.497 e. The summed E-state index contributed by atoms with van der Waals surface area (Å²) in [5, 5.41) is 18.1. The highest BCUT2D eigenvalue weighted by Gasteiger charge is 2.24. The van der Waals surface area contributed by atoms with Gasteiger partial charge in [0.05, 0.1) is 18.9 Å². The number of pyridine rings is 1. The molecular formula is C33H40N6O4S. The first kappa shape index (κ1) is 31.2. The van der Waals surface area contributed by atoms with Crippen molar-refractivity contribution in [1.82, 2.24) is 15.6 Å². The third kappa shape index (κ3) is 7.12. The molecule has 1 fully saturated rings. The average molecular weight is 617 g/mol. The molecule has 2 aromatic carbocycles. The fourth-order valence-electron chi connectivity index (χ4n) is 5.63. The standard InChI is InChI=1S/C33H40N6O4S/c1-3-5-23-17-27(38-33-28(23)29(34)30(44-33)31(35)41)39-14-12-24(13-15-39)36-19-26(40)21-8-10-22(11-9-21)32(42)37-18-20-6-4-7-25(16-20)43-2/h4,6-11,16-17,24,26,36,40H,3,5,12-15,18-19,34H2,1-2H3,(H2,35,41)(H,37,42). The topological polar surface area (TPSA) is 156 Å². The molecule has 10 nitrogen and oxygen atoms in total. The summed E-state index contributed by atoms with van der Waals surface area (Å²) in [7, 11) is 1.61. The number of thiophene rings is 1. The van der Waals surface area contributed by atoms with Crippen LogP contribution < -0.4 is 31.7 Å². The Balaban J connectivity index is 1.12. The van der Waals surface area contributed by atoms with Crippen molar-refractivity contribution in [3.8, 4) is 5.75 Å². The van der Waals surface area contributed by atoms with E-state index in [0.29, 0.717) is 29.2 Å². The molecule has 5 rings (SSSR count). The van der Waals surface area contributed by atoms with Gasteiger partial charge in [-0.2, -0.15) is 0 Å². The number of aliphatic hydroxyl groups is 1. The fraction of sp³-hybridized carbons (Fsp3) is 0.364. The number of carbonyl (C=O) groups is 2. The number of nitrogens with zero attached hydrogens (tertiary/aromatic N) is 2. The number of aryl methyl sites for hydroxylation is 1. The monoisotopic (exact) mass is 616 g/mol. The van der Waals surface area contributed by atoms with Crippen LogP contribution in [0, 0.1) is 0 Å². The number of benzene rings is 2. The highest BCUT2D eigenvalue weighted by molar-refractivity contribution is 7.21. The fourth-order valence-corrected chi connectivity index (χ4v) is 6.62. The van der Waals surface area contributed by atoms with Gasteiger partial charge in [0.1, 0.15) is 21.3 Å². The summed E-state index contributed by atoms with van der Waals surface area (Å²) in [5.74, 6) is 0.940. The Morgan fingerprint density at radius 3 is 2.59 bits per heavy atom. The van der Waals surface area contributed by atoms with Gasteiger partial charge in [0.15, 0.2) is 0 Å². The third-order valence-electron chi connectivity index (χ3n) is 8.07. The highest BCUT2D eigenvalue weighted by atomic mass is 32.1. The number of nitrogen functional groups attached to an aromatic ring is 1. The first-order valence-electron chi connectivity index (χ1n) is 15.0. The molecule has 0 aliphatic carbocycles. The van der Waals surface area contributed by atoms with Crippen LogP contribution in [0.25, 0.3) is 10.2 Å². The van der Waals surface area contributed by atoms with E-state index in [9.17, 15) is 14.7 Å². The summed E-state index contributed by atoms with van der Waals surface area (Å²) < 4.78 is 5.24. The molecular weight excluding hydrogens is 576 g/mol. The van der Waals surface area contributed by atoms with Crippen molar-refractivity contribution in [1.29, 1.82) is 0 Å². The smallest absolute Gasteiger partial charge is 0.260 e. The van der Waals surface area contributed by atoms with E-state index < -0.39 is 12.0 Å². The summed E-state index contributed by atoms with van der Waals surface area (Å²) >= 11 is 1.26.